The van der Waals surface area contributed by atoms with Crippen molar-refractivity contribution < 1.29 is 22.7 Å². The van der Waals surface area contributed by atoms with E-state index in [4.69, 9.17) is 4.74 Å². The highest BCUT2D eigenvalue weighted by molar-refractivity contribution is 5.98. The fourth-order valence-corrected chi connectivity index (χ4v) is 4.75. The van der Waals surface area contributed by atoms with E-state index in [0.717, 1.165) is 30.7 Å². The van der Waals surface area contributed by atoms with Crippen molar-refractivity contribution in [2.45, 2.75) is 44.5 Å². The molecule has 5 heterocycles. The first kappa shape index (κ1) is 22.2. The third kappa shape index (κ3) is 4.32. The van der Waals surface area contributed by atoms with Gasteiger partial charge in [0.15, 0.2) is 5.82 Å². The molecule has 0 radical (unpaired) electrons. The Kier molecular flexibility index (Phi) is 5.66. The predicted molar refractivity (Wildman–Crippen MR) is 116 cm³/mol. The summed E-state index contributed by atoms with van der Waals surface area (Å²) in [7, 11) is 0. The Hall–Kier alpha value is -3.56. The van der Waals surface area contributed by atoms with Gasteiger partial charge in [0.1, 0.15) is 11.8 Å². The average Bonchev–Trinajstić information content (AvgIpc) is 2.84. The average molecular weight is 469 g/mol. The lowest BCUT2D eigenvalue weighted by atomic mass is 9.77. The number of pyridine rings is 2. The van der Waals surface area contributed by atoms with Crippen LogP contribution in [0.25, 0.3) is 11.4 Å². The van der Waals surface area contributed by atoms with Gasteiger partial charge in [0.05, 0.1) is 17.2 Å². The van der Waals surface area contributed by atoms with E-state index in [1.807, 2.05) is 13.0 Å². The van der Waals surface area contributed by atoms with Crippen molar-refractivity contribution in [2.24, 2.45) is 5.92 Å². The van der Waals surface area contributed by atoms with Gasteiger partial charge in [0, 0.05) is 37.4 Å². The number of fused-ring (bicyclic) bond motifs is 3. The molecule has 2 saturated heterocycles. The van der Waals surface area contributed by atoms with Crippen LogP contribution in [0.15, 0.2) is 49.1 Å². The Morgan fingerprint density at radius 1 is 1.09 bits per heavy atom. The Labute approximate surface area is 194 Å². The lowest BCUT2D eigenvalue weighted by Gasteiger charge is -2.49. The van der Waals surface area contributed by atoms with E-state index in [9.17, 15) is 18.0 Å². The minimum atomic E-state index is -4.46. The topological polar surface area (TPSA) is 81.1 Å². The van der Waals surface area contributed by atoms with Crippen LogP contribution in [0.5, 0.6) is 5.88 Å². The number of carbonyl (C=O) groups excluding carboxylic acids is 1. The predicted octanol–water partition coefficient (Wildman–Crippen LogP) is 4.33. The lowest BCUT2D eigenvalue weighted by molar-refractivity contribution is -0.137. The minimum absolute atomic E-state index is 0.116. The third-order valence-corrected chi connectivity index (χ3v) is 6.35. The molecule has 3 aromatic heterocycles. The van der Waals surface area contributed by atoms with Gasteiger partial charge in [-0.15, -0.1) is 0 Å². The molecule has 34 heavy (non-hydrogen) atoms. The van der Waals surface area contributed by atoms with Gasteiger partial charge < -0.3 is 9.64 Å². The summed E-state index contributed by atoms with van der Waals surface area (Å²) in [6.45, 7) is 2.46. The first-order chi connectivity index (χ1) is 16.3. The summed E-state index contributed by atoms with van der Waals surface area (Å²) in [5.74, 6) is 0.539. The number of aryl methyl sites for hydroxylation is 1. The van der Waals surface area contributed by atoms with Crippen molar-refractivity contribution in [2.75, 3.05) is 6.54 Å². The number of nitrogens with zero attached hydrogens (tertiary/aromatic N) is 5. The third-order valence-electron chi connectivity index (χ3n) is 6.35. The maximum absolute atomic E-state index is 13.7. The molecule has 7 nitrogen and oxygen atoms in total. The first-order valence-corrected chi connectivity index (χ1v) is 11.0. The summed E-state index contributed by atoms with van der Waals surface area (Å²) in [5.41, 5.74) is 0.890. The minimum Gasteiger partial charge on any atom is -0.472 e. The van der Waals surface area contributed by atoms with Crippen molar-refractivity contribution >= 4 is 5.91 Å². The van der Waals surface area contributed by atoms with Crippen molar-refractivity contribution in [3.05, 3.63) is 65.9 Å². The second kappa shape index (κ2) is 8.66. The van der Waals surface area contributed by atoms with E-state index in [-0.39, 0.29) is 35.5 Å². The summed E-state index contributed by atoms with van der Waals surface area (Å²) < 4.78 is 44.5. The molecular weight excluding hydrogens is 447 g/mol. The molecular formula is C24H22F3N5O2. The number of ether oxygens (including phenoxy) is 1. The molecule has 3 fully saturated rings. The van der Waals surface area contributed by atoms with Crippen LogP contribution in [0.1, 0.15) is 40.9 Å². The van der Waals surface area contributed by atoms with E-state index in [1.54, 1.807) is 29.6 Å². The molecule has 3 atom stereocenters. The standard InChI is InChI=1S/C24H22F3N5O2/c1-14-9-17(22-28-7-2-8-29-22)21(31-11-14)23(33)32-13-15-3-5-18(32)19(10-15)34-20-6-4-16(12-30-20)24(25,26)27/h2,4,6-9,11-12,15,18-19H,3,5,10,13H2,1H3/t15-,18+,19-/m1/s1. The van der Waals surface area contributed by atoms with Crippen LogP contribution < -0.4 is 4.74 Å². The molecule has 176 valence electrons. The van der Waals surface area contributed by atoms with Crippen LogP contribution in [0.3, 0.4) is 0 Å². The van der Waals surface area contributed by atoms with Crippen molar-refractivity contribution in [3.63, 3.8) is 0 Å². The highest BCUT2D eigenvalue weighted by Crippen LogP contribution is 2.38. The number of alkyl halides is 3. The fourth-order valence-electron chi connectivity index (χ4n) is 4.75. The molecule has 1 amide bonds. The number of hydrogen-bond donors (Lipinski definition) is 0. The smallest absolute Gasteiger partial charge is 0.417 e. The van der Waals surface area contributed by atoms with Gasteiger partial charge in [0.2, 0.25) is 5.88 Å². The van der Waals surface area contributed by atoms with Gasteiger partial charge in [-0.2, -0.15) is 13.2 Å². The monoisotopic (exact) mass is 469 g/mol. The number of rotatable bonds is 4. The first-order valence-electron chi connectivity index (χ1n) is 11.0. The Bertz CT molecular complexity index is 1190. The van der Waals surface area contributed by atoms with Crippen LogP contribution in [-0.4, -0.2) is 49.4 Å². The van der Waals surface area contributed by atoms with Crippen LogP contribution in [0.2, 0.25) is 0 Å². The van der Waals surface area contributed by atoms with Gasteiger partial charge in [-0.05, 0) is 55.9 Å². The highest BCUT2D eigenvalue weighted by Gasteiger charge is 2.45. The van der Waals surface area contributed by atoms with Crippen LogP contribution >= 0.6 is 0 Å². The van der Waals surface area contributed by atoms with Gasteiger partial charge in [0.25, 0.3) is 5.91 Å². The molecule has 0 spiro atoms. The summed E-state index contributed by atoms with van der Waals surface area (Å²) in [5, 5.41) is 0. The zero-order valence-electron chi connectivity index (χ0n) is 18.4. The molecule has 10 heteroatoms. The number of amides is 1. The SMILES string of the molecule is Cc1cnc(C(=O)N2C[C@@H]3CC[C@H]2[C@H](Oc2ccc(C(F)(F)F)cn2)C3)c(-c2ncccn2)c1. The van der Waals surface area contributed by atoms with E-state index in [1.165, 1.54) is 6.07 Å². The molecule has 2 bridgehead atoms. The Morgan fingerprint density at radius 2 is 1.88 bits per heavy atom. The van der Waals surface area contributed by atoms with Crippen LogP contribution in [0, 0.1) is 12.8 Å². The van der Waals surface area contributed by atoms with Gasteiger partial charge in [-0.25, -0.2) is 15.0 Å². The maximum atomic E-state index is 13.7. The summed E-state index contributed by atoms with van der Waals surface area (Å²) >= 11 is 0. The molecule has 3 aromatic rings. The molecule has 6 rings (SSSR count). The second-order valence-corrected chi connectivity index (χ2v) is 8.72. The largest absolute Gasteiger partial charge is 0.472 e. The summed E-state index contributed by atoms with van der Waals surface area (Å²) in [6, 6.07) is 5.50. The number of halogens is 3. The lowest BCUT2D eigenvalue weighted by Crippen LogP contribution is -2.59. The van der Waals surface area contributed by atoms with Crippen LogP contribution in [0.4, 0.5) is 13.2 Å². The normalized spacial score (nSPS) is 22.0. The van der Waals surface area contributed by atoms with Gasteiger partial charge in [-0.3, -0.25) is 9.78 Å². The number of carbonyl (C=O) groups is 1. The molecule has 3 aliphatic rings. The highest BCUT2D eigenvalue weighted by atomic mass is 19.4. The Morgan fingerprint density at radius 3 is 2.56 bits per heavy atom. The molecule has 1 saturated carbocycles. The van der Waals surface area contributed by atoms with Crippen molar-refractivity contribution in [3.8, 4) is 17.3 Å². The molecule has 0 unspecified atom stereocenters. The quantitative estimate of drug-likeness (QED) is 0.566. The maximum Gasteiger partial charge on any atom is 0.417 e. The molecule has 1 aliphatic carbocycles. The van der Waals surface area contributed by atoms with Crippen LogP contribution in [-0.2, 0) is 6.18 Å². The van der Waals surface area contributed by atoms with Crippen molar-refractivity contribution in [1.29, 1.82) is 0 Å². The zero-order chi connectivity index (χ0) is 23.9. The van der Waals surface area contributed by atoms with E-state index < -0.39 is 11.7 Å². The summed E-state index contributed by atoms with van der Waals surface area (Å²) in [4.78, 5) is 32.3. The molecule has 2 aliphatic heterocycles. The summed E-state index contributed by atoms with van der Waals surface area (Å²) in [6.07, 6.45) is 3.24. The van der Waals surface area contributed by atoms with E-state index in [0.29, 0.717) is 24.4 Å². The second-order valence-electron chi connectivity index (χ2n) is 8.72. The van der Waals surface area contributed by atoms with Gasteiger partial charge in [-0.1, -0.05) is 0 Å². The zero-order valence-corrected chi connectivity index (χ0v) is 18.4. The molecule has 0 aromatic carbocycles. The van der Waals surface area contributed by atoms with E-state index >= 15 is 0 Å². The molecule has 0 N–H and O–H groups in total. The van der Waals surface area contributed by atoms with E-state index in [2.05, 4.69) is 19.9 Å². The number of aromatic nitrogens is 4. The van der Waals surface area contributed by atoms with Crippen molar-refractivity contribution in [1.82, 2.24) is 24.8 Å². The number of piperidine rings is 2. The van der Waals surface area contributed by atoms with Gasteiger partial charge >= 0.3 is 6.18 Å². The fraction of sp³-hybridized carbons (Fsp3) is 0.375. The Balaban J connectivity index is 1.40. The number of hydrogen-bond acceptors (Lipinski definition) is 6.